The number of para-hydroxylation sites is 1. The maximum atomic E-state index is 13.2. The third kappa shape index (κ3) is 3.53. The van der Waals surface area contributed by atoms with Gasteiger partial charge in [0.1, 0.15) is 5.82 Å². The first-order valence-corrected chi connectivity index (χ1v) is 9.98. The molecule has 8 nitrogen and oxygen atoms in total. The number of aromatic nitrogens is 7. The normalized spacial score (nSPS) is 11.2. The molecular weight excluding hydrogens is 374 g/mol. The maximum Gasteiger partial charge on any atom is 0.267 e. The highest BCUT2D eigenvalue weighted by molar-refractivity contribution is 7.98. The van der Waals surface area contributed by atoms with Crippen molar-refractivity contribution in [3.05, 3.63) is 64.3 Å². The van der Waals surface area contributed by atoms with Crippen LogP contribution >= 0.6 is 11.8 Å². The number of rotatable bonds is 6. The molecule has 142 valence electrons. The van der Waals surface area contributed by atoms with Crippen molar-refractivity contribution in [2.24, 2.45) is 0 Å². The summed E-state index contributed by atoms with van der Waals surface area (Å²) in [6.07, 6.45) is 2.64. The van der Waals surface area contributed by atoms with Crippen molar-refractivity contribution in [3.8, 4) is 5.82 Å². The number of aryl methyl sites for hydroxylation is 2. The number of hydrogen-bond donors (Lipinski definition) is 0. The fourth-order valence-corrected chi connectivity index (χ4v) is 3.83. The number of pyridine rings is 1. The van der Waals surface area contributed by atoms with Crippen molar-refractivity contribution < 1.29 is 0 Å². The van der Waals surface area contributed by atoms with E-state index in [9.17, 15) is 4.79 Å². The lowest BCUT2D eigenvalue weighted by Gasteiger charge is -2.12. The maximum absolute atomic E-state index is 13.2. The zero-order chi connectivity index (χ0) is 19.5. The summed E-state index contributed by atoms with van der Waals surface area (Å²) in [5, 5.41) is 13.0. The van der Waals surface area contributed by atoms with E-state index in [1.807, 2.05) is 37.3 Å². The molecule has 4 aromatic rings. The second-order valence-electron chi connectivity index (χ2n) is 6.35. The summed E-state index contributed by atoms with van der Waals surface area (Å²) in [5.74, 6) is 1.81. The Morgan fingerprint density at radius 3 is 2.86 bits per heavy atom. The van der Waals surface area contributed by atoms with Crippen LogP contribution in [0.4, 0.5) is 0 Å². The lowest BCUT2D eigenvalue weighted by molar-refractivity contribution is 0.564. The van der Waals surface area contributed by atoms with E-state index in [0.29, 0.717) is 27.6 Å². The molecule has 0 saturated heterocycles. The second kappa shape index (κ2) is 7.89. The Morgan fingerprint density at radius 2 is 2.04 bits per heavy atom. The average molecular weight is 393 g/mol. The Bertz CT molecular complexity index is 1180. The summed E-state index contributed by atoms with van der Waals surface area (Å²) in [6.45, 7) is 4.79. The number of nitrogens with zero attached hydrogens (tertiary/aromatic N) is 7. The van der Waals surface area contributed by atoms with Crippen molar-refractivity contribution in [2.45, 2.75) is 37.7 Å². The van der Waals surface area contributed by atoms with Gasteiger partial charge < -0.3 is 0 Å². The van der Waals surface area contributed by atoms with Gasteiger partial charge in [0, 0.05) is 12.7 Å². The molecule has 4 rings (SSSR count). The summed E-state index contributed by atoms with van der Waals surface area (Å²) < 4.78 is 3.34. The summed E-state index contributed by atoms with van der Waals surface area (Å²) >= 11 is 1.42. The van der Waals surface area contributed by atoms with E-state index in [-0.39, 0.29) is 5.56 Å². The van der Waals surface area contributed by atoms with Crippen LogP contribution in [0, 0.1) is 6.92 Å². The molecule has 0 atom stereocenters. The van der Waals surface area contributed by atoms with Crippen LogP contribution in [-0.2, 0) is 12.3 Å². The van der Waals surface area contributed by atoms with E-state index in [4.69, 9.17) is 4.98 Å². The predicted octanol–water partition coefficient (Wildman–Crippen LogP) is 2.78. The molecule has 28 heavy (non-hydrogen) atoms. The molecule has 9 heteroatoms. The summed E-state index contributed by atoms with van der Waals surface area (Å²) in [6, 6.07) is 11.1. The predicted molar refractivity (Wildman–Crippen MR) is 108 cm³/mol. The molecule has 3 heterocycles. The van der Waals surface area contributed by atoms with E-state index in [0.717, 1.165) is 24.4 Å². The van der Waals surface area contributed by atoms with Crippen LogP contribution in [0.15, 0.2) is 52.5 Å². The quantitative estimate of drug-likeness (QED) is 0.367. The van der Waals surface area contributed by atoms with Gasteiger partial charge in [0.05, 0.1) is 16.7 Å². The van der Waals surface area contributed by atoms with Crippen LogP contribution in [0.5, 0.6) is 0 Å². The highest BCUT2D eigenvalue weighted by Gasteiger charge is 2.16. The smallest absolute Gasteiger partial charge is 0.267 e. The first-order chi connectivity index (χ1) is 13.7. The van der Waals surface area contributed by atoms with E-state index < -0.39 is 0 Å². The Labute approximate surface area is 165 Å². The number of hydrogen-bond acceptors (Lipinski definition) is 7. The average Bonchev–Trinajstić information content (AvgIpc) is 3.14. The Hall–Kier alpha value is -3.07. The van der Waals surface area contributed by atoms with Crippen LogP contribution in [0.3, 0.4) is 0 Å². The van der Waals surface area contributed by atoms with Crippen molar-refractivity contribution in [1.29, 1.82) is 0 Å². The Kier molecular flexibility index (Phi) is 5.16. The third-order valence-corrected chi connectivity index (χ3v) is 5.18. The van der Waals surface area contributed by atoms with E-state index >= 15 is 0 Å². The van der Waals surface area contributed by atoms with Crippen molar-refractivity contribution in [2.75, 3.05) is 0 Å². The van der Waals surface area contributed by atoms with E-state index in [1.54, 1.807) is 21.5 Å². The molecule has 1 aromatic carbocycles. The van der Waals surface area contributed by atoms with Gasteiger partial charge in [-0.1, -0.05) is 30.8 Å². The van der Waals surface area contributed by atoms with Gasteiger partial charge in [-0.25, -0.2) is 19.2 Å². The molecule has 0 radical (unpaired) electrons. The lowest BCUT2D eigenvalue weighted by atomic mass is 10.2. The number of fused-ring (bicyclic) bond motifs is 1. The minimum atomic E-state index is -0.139. The fraction of sp³-hybridized carbons (Fsp3) is 0.263. The first-order valence-electron chi connectivity index (χ1n) is 9.00. The van der Waals surface area contributed by atoms with Gasteiger partial charge in [0.15, 0.2) is 11.0 Å². The van der Waals surface area contributed by atoms with Gasteiger partial charge in [-0.15, -0.1) is 5.10 Å². The zero-order valence-electron chi connectivity index (χ0n) is 15.6. The number of thioether (sulfide) groups is 1. The molecule has 0 bridgehead atoms. The minimum Gasteiger partial charge on any atom is -0.268 e. The van der Waals surface area contributed by atoms with Crippen LogP contribution in [0.2, 0.25) is 0 Å². The molecule has 0 spiro atoms. The van der Waals surface area contributed by atoms with Gasteiger partial charge in [-0.3, -0.25) is 4.79 Å². The van der Waals surface area contributed by atoms with Gasteiger partial charge in [0.2, 0.25) is 0 Å². The first kappa shape index (κ1) is 18.3. The summed E-state index contributed by atoms with van der Waals surface area (Å²) in [5.41, 5.74) is 1.54. The summed E-state index contributed by atoms with van der Waals surface area (Å²) in [4.78, 5) is 22.3. The number of tetrazole rings is 1. The van der Waals surface area contributed by atoms with Crippen molar-refractivity contribution in [1.82, 2.24) is 34.7 Å². The molecule has 0 unspecified atom stereocenters. The minimum absolute atomic E-state index is 0.139. The van der Waals surface area contributed by atoms with Crippen molar-refractivity contribution in [3.63, 3.8) is 0 Å². The number of benzene rings is 1. The van der Waals surface area contributed by atoms with Crippen LogP contribution in [0.25, 0.3) is 16.7 Å². The second-order valence-corrected chi connectivity index (χ2v) is 7.29. The molecule has 0 N–H and O–H groups in total. The molecule has 3 aromatic heterocycles. The topological polar surface area (TPSA) is 91.4 Å². The molecule has 0 fully saturated rings. The molecule has 0 aliphatic rings. The molecule has 0 aliphatic carbocycles. The van der Waals surface area contributed by atoms with Gasteiger partial charge in [-0.05, 0) is 53.6 Å². The molecule has 0 aliphatic heterocycles. The van der Waals surface area contributed by atoms with E-state index in [2.05, 4.69) is 27.4 Å². The van der Waals surface area contributed by atoms with Crippen molar-refractivity contribution >= 4 is 22.7 Å². The SMILES string of the molecule is CCCn1nnnc1CSc1nc2ccccc2c(=O)n1-c1cc(C)ccn1. The standard InChI is InChI=1S/C19H19N7OS/c1-3-10-25-17(22-23-24-25)12-28-19-21-15-7-5-4-6-14(15)18(27)26(19)16-11-13(2)8-9-20-16/h4-9,11H,3,10,12H2,1-2H3. The van der Waals surface area contributed by atoms with Gasteiger partial charge in [0.25, 0.3) is 5.56 Å². The summed E-state index contributed by atoms with van der Waals surface area (Å²) in [7, 11) is 0. The molecular formula is C19H19N7OS. The van der Waals surface area contributed by atoms with Crippen LogP contribution < -0.4 is 5.56 Å². The monoisotopic (exact) mass is 393 g/mol. The van der Waals surface area contributed by atoms with Gasteiger partial charge >= 0.3 is 0 Å². The Morgan fingerprint density at radius 1 is 1.18 bits per heavy atom. The van der Waals surface area contributed by atoms with Crippen LogP contribution in [0.1, 0.15) is 24.7 Å². The van der Waals surface area contributed by atoms with Crippen LogP contribution in [-0.4, -0.2) is 34.7 Å². The molecule has 0 saturated carbocycles. The largest absolute Gasteiger partial charge is 0.268 e. The molecule has 0 amide bonds. The van der Waals surface area contributed by atoms with Gasteiger partial charge in [-0.2, -0.15) is 0 Å². The lowest BCUT2D eigenvalue weighted by Crippen LogP contribution is -2.22. The van der Waals surface area contributed by atoms with E-state index in [1.165, 1.54) is 11.8 Å². The third-order valence-electron chi connectivity index (χ3n) is 4.25. The zero-order valence-corrected chi connectivity index (χ0v) is 16.4. The fourth-order valence-electron chi connectivity index (χ4n) is 2.89. The Balaban J connectivity index is 1.81. The highest BCUT2D eigenvalue weighted by Crippen LogP contribution is 2.23. The highest BCUT2D eigenvalue weighted by atomic mass is 32.2.